The van der Waals surface area contributed by atoms with Crippen molar-refractivity contribution in [2.24, 2.45) is 5.92 Å². The molecule has 0 fully saturated rings. The van der Waals surface area contributed by atoms with Gasteiger partial charge in [-0.05, 0) is 25.1 Å². The molecule has 0 aliphatic heterocycles. The van der Waals surface area contributed by atoms with Gasteiger partial charge in [0.15, 0.2) is 5.92 Å². The molecule has 1 aromatic carbocycles. The quantitative estimate of drug-likeness (QED) is 0.827. The maximum atomic E-state index is 12.4. The Bertz CT molecular complexity index is 435. The third-order valence-electron chi connectivity index (χ3n) is 2.75. The molecule has 1 rings (SSSR count). The molecule has 18 heavy (non-hydrogen) atoms. The predicted octanol–water partition coefficient (Wildman–Crippen LogP) is 3.13. The van der Waals surface area contributed by atoms with Gasteiger partial charge in [-0.3, -0.25) is 0 Å². The Labute approximate surface area is 105 Å². The highest BCUT2D eigenvalue weighted by atomic mass is 19.4. The summed E-state index contributed by atoms with van der Waals surface area (Å²) in [5.74, 6) is -1.94. The fraction of sp³-hybridized carbons (Fsp3) is 0.462. The van der Waals surface area contributed by atoms with E-state index in [9.17, 15) is 13.2 Å². The van der Waals surface area contributed by atoms with Crippen LogP contribution in [0, 0.1) is 24.2 Å². The van der Waals surface area contributed by atoms with Crippen LogP contribution in [0.1, 0.15) is 11.1 Å². The maximum Gasteiger partial charge on any atom is 0.405 e. The molecule has 98 valence electrons. The zero-order valence-corrected chi connectivity index (χ0v) is 10.3. The van der Waals surface area contributed by atoms with Gasteiger partial charge in [0.25, 0.3) is 0 Å². The molecular formula is C13H15F3N2. The Kier molecular flexibility index (Phi) is 4.74. The van der Waals surface area contributed by atoms with Crippen molar-refractivity contribution in [3.8, 4) is 6.07 Å². The number of alkyl halides is 3. The Morgan fingerprint density at radius 1 is 1.33 bits per heavy atom. The summed E-state index contributed by atoms with van der Waals surface area (Å²) in [5, 5.41) is 8.53. The molecule has 0 N–H and O–H groups in total. The summed E-state index contributed by atoms with van der Waals surface area (Å²) in [5.41, 5.74) is 2.00. The minimum absolute atomic E-state index is 0.311. The van der Waals surface area contributed by atoms with Gasteiger partial charge < -0.3 is 4.90 Å². The van der Waals surface area contributed by atoms with E-state index in [1.54, 1.807) is 7.05 Å². The molecule has 0 aliphatic carbocycles. The second-order valence-corrected chi connectivity index (χ2v) is 4.35. The first-order valence-electron chi connectivity index (χ1n) is 5.54. The molecule has 2 nitrogen and oxygen atoms in total. The van der Waals surface area contributed by atoms with Crippen molar-refractivity contribution in [3.63, 3.8) is 0 Å². The maximum absolute atomic E-state index is 12.4. The van der Waals surface area contributed by atoms with Crippen LogP contribution < -0.4 is 0 Å². The largest absolute Gasteiger partial charge is 0.405 e. The summed E-state index contributed by atoms with van der Waals surface area (Å²) >= 11 is 0. The van der Waals surface area contributed by atoms with Gasteiger partial charge in [-0.25, -0.2) is 0 Å². The number of aryl methyl sites for hydroxylation is 1. The summed E-state index contributed by atoms with van der Waals surface area (Å²) in [6, 6.07) is 8.82. The van der Waals surface area contributed by atoms with E-state index in [1.807, 2.05) is 31.2 Å². The molecule has 1 aromatic rings. The van der Waals surface area contributed by atoms with Crippen molar-refractivity contribution >= 4 is 0 Å². The molecule has 0 bridgehead atoms. The van der Waals surface area contributed by atoms with Crippen LogP contribution in [-0.2, 0) is 6.54 Å². The van der Waals surface area contributed by atoms with Gasteiger partial charge in [0.1, 0.15) is 0 Å². The lowest BCUT2D eigenvalue weighted by Gasteiger charge is -2.22. The summed E-state index contributed by atoms with van der Waals surface area (Å²) < 4.78 is 37.3. The minimum atomic E-state index is -4.46. The summed E-state index contributed by atoms with van der Waals surface area (Å²) in [6.45, 7) is 2.00. The molecule has 0 saturated heterocycles. The summed E-state index contributed by atoms with van der Waals surface area (Å²) in [4.78, 5) is 1.52. The van der Waals surface area contributed by atoms with Gasteiger partial charge in [0.2, 0.25) is 0 Å². The average Bonchev–Trinajstić information content (AvgIpc) is 2.27. The van der Waals surface area contributed by atoms with Crippen LogP contribution in [-0.4, -0.2) is 24.7 Å². The van der Waals surface area contributed by atoms with Crippen LogP contribution in [0.3, 0.4) is 0 Å². The van der Waals surface area contributed by atoms with Crippen LogP contribution in [0.25, 0.3) is 0 Å². The van der Waals surface area contributed by atoms with Gasteiger partial charge in [0, 0.05) is 13.1 Å². The van der Waals surface area contributed by atoms with E-state index in [0.29, 0.717) is 6.54 Å². The molecule has 1 unspecified atom stereocenters. The number of hydrogen-bond donors (Lipinski definition) is 0. The van der Waals surface area contributed by atoms with Crippen molar-refractivity contribution in [3.05, 3.63) is 35.4 Å². The van der Waals surface area contributed by atoms with Crippen LogP contribution in [0.5, 0.6) is 0 Å². The Balaban J connectivity index is 2.65. The van der Waals surface area contributed by atoms with E-state index in [1.165, 1.54) is 11.0 Å². The number of nitriles is 1. The minimum Gasteiger partial charge on any atom is -0.300 e. The smallest absolute Gasteiger partial charge is 0.300 e. The monoisotopic (exact) mass is 256 g/mol. The van der Waals surface area contributed by atoms with E-state index in [0.717, 1.165) is 11.1 Å². The number of benzene rings is 1. The van der Waals surface area contributed by atoms with E-state index < -0.39 is 12.1 Å². The lowest BCUT2D eigenvalue weighted by Crippen LogP contribution is -2.33. The van der Waals surface area contributed by atoms with Crippen LogP contribution in [0.4, 0.5) is 13.2 Å². The van der Waals surface area contributed by atoms with Gasteiger partial charge in [-0.15, -0.1) is 0 Å². The van der Waals surface area contributed by atoms with Crippen molar-refractivity contribution in [1.82, 2.24) is 4.90 Å². The lowest BCUT2D eigenvalue weighted by atomic mass is 10.1. The second kappa shape index (κ2) is 5.87. The fourth-order valence-electron chi connectivity index (χ4n) is 1.67. The molecule has 0 spiro atoms. The number of hydrogen-bond acceptors (Lipinski definition) is 2. The highest BCUT2D eigenvalue weighted by Crippen LogP contribution is 2.26. The van der Waals surface area contributed by atoms with Gasteiger partial charge in [0.05, 0.1) is 6.07 Å². The topological polar surface area (TPSA) is 27.0 Å². The van der Waals surface area contributed by atoms with Crippen molar-refractivity contribution < 1.29 is 13.2 Å². The summed E-state index contributed by atoms with van der Waals surface area (Å²) in [7, 11) is 1.59. The zero-order chi connectivity index (χ0) is 13.8. The van der Waals surface area contributed by atoms with E-state index >= 15 is 0 Å². The molecule has 0 saturated carbocycles. The van der Waals surface area contributed by atoms with Crippen molar-refractivity contribution in [1.29, 1.82) is 5.26 Å². The van der Waals surface area contributed by atoms with Gasteiger partial charge >= 0.3 is 6.18 Å². The lowest BCUT2D eigenvalue weighted by molar-refractivity contribution is -0.162. The van der Waals surface area contributed by atoms with Crippen LogP contribution >= 0.6 is 0 Å². The van der Waals surface area contributed by atoms with Crippen molar-refractivity contribution in [2.45, 2.75) is 19.6 Å². The highest BCUT2D eigenvalue weighted by molar-refractivity contribution is 5.25. The third kappa shape index (κ3) is 4.04. The molecule has 0 heterocycles. The van der Waals surface area contributed by atoms with E-state index in [-0.39, 0.29) is 6.54 Å². The number of rotatable bonds is 4. The van der Waals surface area contributed by atoms with E-state index in [4.69, 9.17) is 5.26 Å². The molecule has 1 atom stereocenters. The Hall–Kier alpha value is -1.54. The molecule has 0 aromatic heterocycles. The molecular weight excluding hydrogens is 241 g/mol. The Morgan fingerprint density at radius 3 is 2.44 bits per heavy atom. The molecule has 0 aliphatic rings. The van der Waals surface area contributed by atoms with Crippen LogP contribution in [0.15, 0.2) is 24.3 Å². The third-order valence-corrected chi connectivity index (χ3v) is 2.75. The average molecular weight is 256 g/mol. The van der Waals surface area contributed by atoms with E-state index in [2.05, 4.69) is 0 Å². The first-order valence-corrected chi connectivity index (χ1v) is 5.54. The normalized spacial score (nSPS) is 13.4. The number of nitrogens with zero attached hydrogens (tertiary/aromatic N) is 2. The van der Waals surface area contributed by atoms with Crippen LogP contribution in [0.2, 0.25) is 0 Å². The standard InChI is InChI=1S/C13H15F3N2/c1-10-5-3-4-6-11(10)8-18(2)9-12(7-17)13(14,15)16/h3-6,12H,8-9H2,1-2H3. The molecule has 5 heteroatoms. The molecule has 0 radical (unpaired) electrons. The highest BCUT2D eigenvalue weighted by Gasteiger charge is 2.40. The second-order valence-electron chi connectivity index (χ2n) is 4.35. The zero-order valence-electron chi connectivity index (χ0n) is 10.3. The first kappa shape index (κ1) is 14.5. The SMILES string of the molecule is Cc1ccccc1CN(C)CC(C#N)C(F)(F)F. The summed E-state index contributed by atoms with van der Waals surface area (Å²) in [6.07, 6.45) is -4.46. The number of halogens is 3. The Morgan fingerprint density at radius 2 is 1.94 bits per heavy atom. The first-order chi connectivity index (χ1) is 8.34. The predicted molar refractivity (Wildman–Crippen MR) is 62.7 cm³/mol. The van der Waals surface area contributed by atoms with Crippen molar-refractivity contribution in [2.75, 3.05) is 13.6 Å². The van der Waals surface area contributed by atoms with Gasteiger partial charge in [-0.1, -0.05) is 24.3 Å². The molecule has 0 amide bonds. The fourth-order valence-corrected chi connectivity index (χ4v) is 1.67. The van der Waals surface area contributed by atoms with Gasteiger partial charge in [-0.2, -0.15) is 18.4 Å².